The Balaban J connectivity index is 2.25. The summed E-state index contributed by atoms with van der Waals surface area (Å²) < 4.78 is 1.92. The summed E-state index contributed by atoms with van der Waals surface area (Å²) in [6.07, 6.45) is 3.15. The maximum absolute atomic E-state index is 9.14. The van der Waals surface area contributed by atoms with Crippen LogP contribution in [0.2, 0.25) is 5.02 Å². The van der Waals surface area contributed by atoms with Crippen molar-refractivity contribution >= 4 is 22.5 Å². The molecular formula is C13H11ClN4O. The van der Waals surface area contributed by atoms with Gasteiger partial charge >= 0.3 is 6.01 Å². The highest BCUT2D eigenvalue weighted by atomic mass is 35.5. The molecular weight excluding hydrogens is 264 g/mol. The molecule has 2 N–H and O–H groups in total. The van der Waals surface area contributed by atoms with Crippen molar-refractivity contribution < 1.29 is 5.11 Å². The maximum Gasteiger partial charge on any atom is 0.313 e. The van der Waals surface area contributed by atoms with Crippen molar-refractivity contribution in [2.24, 2.45) is 0 Å². The third kappa shape index (κ3) is 1.98. The number of hydrogen-bond donors (Lipinski definition) is 2. The highest BCUT2D eigenvalue weighted by molar-refractivity contribution is 6.31. The molecule has 0 aliphatic heterocycles. The first-order valence-corrected chi connectivity index (χ1v) is 6.07. The molecule has 5 nitrogen and oxygen atoms in total. The quantitative estimate of drug-likeness (QED) is 0.754. The van der Waals surface area contributed by atoms with E-state index in [0.29, 0.717) is 5.02 Å². The van der Waals surface area contributed by atoms with Crippen molar-refractivity contribution in [2.45, 2.75) is 0 Å². The normalized spacial score (nSPS) is 10.8. The Morgan fingerprint density at radius 3 is 2.63 bits per heavy atom. The Labute approximate surface area is 114 Å². The fraction of sp³-hybridized carbons (Fsp3) is 0.0769. The maximum atomic E-state index is 9.14. The minimum Gasteiger partial charge on any atom is -0.479 e. The van der Waals surface area contributed by atoms with Crippen LogP contribution in [0.25, 0.3) is 22.2 Å². The average Bonchev–Trinajstić information content (AvgIpc) is 2.77. The molecule has 0 spiro atoms. The summed E-state index contributed by atoms with van der Waals surface area (Å²) in [5.41, 5.74) is 5.82. The largest absolute Gasteiger partial charge is 0.479 e. The fourth-order valence-corrected chi connectivity index (χ4v) is 2.27. The van der Waals surface area contributed by atoms with Crippen LogP contribution in [0.15, 0.2) is 36.7 Å². The Bertz CT molecular complexity index is 736. The average molecular weight is 275 g/mol. The number of fused-ring (bicyclic) bond motifs is 1. The number of rotatable bonds is 2. The summed E-state index contributed by atoms with van der Waals surface area (Å²) >= 11 is 6.00. The second kappa shape index (κ2) is 4.44. The van der Waals surface area contributed by atoms with Crippen molar-refractivity contribution in [3.05, 3.63) is 41.7 Å². The Morgan fingerprint density at radius 1 is 1.21 bits per heavy atom. The van der Waals surface area contributed by atoms with Gasteiger partial charge in [0.05, 0.1) is 11.2 Å². The van der Waals surface area contributed by atoms with E-state index in [1.54, 1.807) is 12.4 Å². The summed E-state index contributed by atoms with van der Waals surface area (Å²) in [5, 5.41) is 10.9. The van der Waals surface area contributed by atoms with Gasteiger partial charge in [0.2, 0.25) is 0 Å². The smallest absolute Gasteiger partial charge is 0.313 e. The highest BCUT2D eigenvalue weighted by Crippen LogP contribution is 2.28. The van der Waals surface area contributed by atoms with E-state index in [-0.39, 0.29) is 6.01 Å². The lowest BCUT2D eigenvalue weighted by Gasteiger charge is -2.09. The lowest BCUT2D eigenvalue weighted by molar-refractivity contribution is 0.430. The van der Waals surface area contributed by atoms with E-state index in [0.717, 1.165) is 22.2 Å². The van der Waals surface area contributed by atoms with Crippen molar-refractivity contribution in [1.82, 2.24) is 14.6 Å². The molecule has 3 aromatic rings. The van der Waals surface area contributed by atoms with Crippen molar-refractivity contribution in [3.8, 4) is 17.3 Å². The predicted molar refractivity (Wildman–Crippen MR) is 74.9 cm³/mol. The van der Waals surface area contributed by atoms with Gasteiger partial charge in [0.15, 0.2) is 0 Å². The van der Waals surface area contributed by atoms with E-state index in [1.807, 2.05) is 36.0 Å². The van der Waals surface area contributed by atoms with E-state index < -0.39 is 0 Å². The van der Waals surface area contributed by atoms with Crippen LogP contribution in [0.5, 0.6) is 6.01 Å². The molecule has 0 aliphatic carbocycles. The van der Waals surface area contributed by atoms with Gasteiger partial charge in [-0.05, 0) is 24.3 Å². The summed E-state index contributed by atoms with van der Waals surface area (Å²) in [4.78, 5) is 7.59. The second-order valence-corrected chi connectivity index (χ2v) is 4.50. The van der Waals surface area contributed by atoms with Crippen LogP contribution in [0, 0.1) is 0 Å². The first kappa shape index (κ1) is 11.8. The van der Waals surface area contributed by atoms with Crippen LogP contribution < -0.4 is 5.43 Å². The first-order valence-electron chi connectivity index (χ1n) is 5.69. The summed E-state index contributed by atoms with van der Waals surface area (Å²) in [6, 6.07) is 7.44. The molecule has 19 heavy (non-hydrogen) atoms. The minimum atomic E-state index is -0.237. The van der Waals surface area contributed by atoms with E-state index in [9.17, 15) is 0 Å². The topological polar surface area (TPSA) is 63.0 Å². The van der Waals surface area contributed by atoms with Crippen LogP contribution in [0.4, 0.5) is 0 Å². The van der Waals surface area contributed by atoms with Gasteiger partial charge in [0, 0.05) is 35.4 Å². The van der Waals surface area contributed by atoms with Gasteiger partial charge in [0.25, 0.3) is 0 Å². The molecule has 2 aromatic heterocycles. The van der Waals surface area contributed by atoms with E-state index >= 15 is 0 Å². The van der Waals surface area contributed by atoms with Gasteiger partial charge in [0.1, 0.15) is 0 Å². The first-order chi connectivity index (χ1) is 9.19. The van der Waals surface area contributed by atoms with Gasteiger partial charge in [-0.25, -0.2) is 9.97 Å². The van der Waals surface area contributed by atoms with Crippen LogP contribution in [-0.2, 0) is 0 Å². The van der Waals surface area contributed by atoms with E-state index in [1.165, 1.54) is 0 Å². The Hall–Kier alpha value is -2.27. The Kier molecular flexibility index (Phi) is 2.76. The predicted octanol–water partition coefficient (Wildman–Crippen LogP) is 2.63. The van der Waals surface area contributed by atoms with Crippen LogP contribution in [0.3, 0.4) is 0 Å². The summed E-state index contributed by atoms with van der Waals surface area (Å²) in [5.74, 6) is 0. The third-order valence-electron chi connectivity index (χ3n) is 2.92. The molecule has 0 aliphatic rings. The van der Waals surface area contributed by atoms with Gasteiger partial charge in [-0.3, -0.25) is 4.68 Å². The van der Waals surface area contributed by atoms with E-state index in [4.69, 9.17) is 16.7 Å². The van der Waals surface area contributed by atoms with Crippen LogP contribution in [0.1, 0.15) is 0 Å². The standard InChI is InChI=1S/C13H11ClN4O/c1-15-18-11-3-2-10(14)4-8(11)5-12(18)9-6-16-13(19)17-7-9/h2-7,15H,1H3,(H,16,17,19). The number of nitrogens with zero attached hydrogens (tertiary/aromatic N) is 3. The van der Waals surface area contributed by atoms with Crippen molar-refractivity contribution in [3.63, 3.8) is 0 Å². The number of aromatic nitrogens is 3. The molecule has 96 valence electrons. The molecule has 0 amide bonds. The van der Waals surface area contributed by atoms with E-state index in [2.05, 4.69) is 15.4 Å². The molecule has 2 heterocycles. The van der Waals surface area contributed by atoms with Crippen molar-refractivity contribution in [2.75, 3.05) is 12.5 Å². The van der Waals surface area contributed by atoms with Crippen molar-refractivity contribution in [1.29, 1.82) is 0 Å². The van der Waals surface area contributed by atoms with Crippen LogP contribution >= 0.6 is 11.6 Å². The lowest BCUT2D eigenvalue weighted by atomic mass is 10.2. The molecule has 0 saturated heterocycles. The zero-order valence-corrected chi connectivity index (χ0v) is 10.9. The monoisotopic (exact) mass is 274 g/mol. The summed E-state index contributed by atoms with van der Waals surface area (Å²) in [7, 11) is 1.83. The molecule has 6 heteroatoms. The van der Waals surface area contributed by atoms with Gasteiger partial charge in [-0.2, -0.15) is 0 Å². The number of benzene rings is 1. The Morgan fingerprint density at radius 2 is 1.95 bits per heavy atom. The zero-order valence-electron chi connectivity index (χ0n) is 10.1. The molecule has 0 atom stereocenters. The fourth-order valence-electron chi connectivity index (χ4n) is 2.09. The molecule has 0 fully saturated rings. The molecule has 1 aromatic carbocycles. The second-order valence-electron chi connectivity index (χ2n) is 4.06. The SMILES string of the molecule is CNn1c(-c2cnc(O)nc2)cc2cc(Cl)ccc21. The third-order valence-corrected chi connectivity index (χ3v) is 3.16. The summed E-state index contributed by atoms with van der Waals surface area (Å²) in [6.45, 7) is 0. The number of aromatic hydroxyl groups is 1. The molecule has 0 saturated carbocycles. The number of halogens is 1. The van der Waals surface area contributed by atoms with Gasteiger partial charge < -0.3 is 10.5 Å². The zero-order chi connectivity index (χ0) is 13.4. The molecule has 3 rings (SSSR count). The minimum absolute atomic E-state index is 0.237. The highest BCUT2D eigenvalue weighted by Gasteiger charge is 2.11. The molecule has 0 radical (unpaired) electrons. The van der Waals surface area contributed by atoms with Crippen LogP contribution in [-0.4, -0.2) is 26.8 Å². The lowest BCUT2D eigenvalue weighted by Crippen LogP contribution is -2.09. The number of hydrogen-bond acceptors (Lipinski definition) is 4. The molecule has 0 unspecified atom stereocenters. The number of nitrogens with one attached hydrogen (secondary N) is 1. The van der Waals surface area contributed by atoms with Gasteiger partial charge in [-0.1, -0.05) is 11.6 Å². The van der Waals surface area contributed by atoms with Gasteiger partial charge in [-0.15, -0.1) is 0 Å². The molecule has 0 bridgehead atoms.